The molecule has 0 bridgehead atoms. The van der Waals surface area contributed by atoms with Gasteiger partial charge in [0.2, 0.25) is 10.0 Å². The minimum atomic E-state index is -3.95. The zero-order valence-corrected chi connectivity index (χ0v) is 19.9. The molecule has 29 heavy (non-hydrogen) atoms. The lowest BCUT2D eigenvalue weighted by Gasteiger charge is -2.26. The fourth-order valence-corrected chi connectivity index (χ4v) is 4.79. The summed E-state index contributed by atoms with van der Waals surface area (Å²) in [6.45, 7) is 8.76. The van der Waals surface area contributed by atoms with Crippen molar-refractivity contribution in [2.45, 2.75) is 51.2 Å². The molecule has 0 spiro atoms. The van der Waals surface area contributed by atoms with Gasteiger partial charge in [-0.1, -0.05) is 13.8 Å². The van der Waals surface area contributed by atoms with E-state index >= 15 is 0 Å². The van der Waals surface area contributed by atoms with Gasteiger partial charge in [0.05, 0.1) is 4.90 Å². The predicted octanol–water partition coefficient (Wildman–Crippen LogP) is 4.84. The summed E-state index contributed by atoms with van der Waals surface area (Å²) in [4.78, 5) is 12.5. The maximum Gasteiger partial charge on any atom is 0.324 e. The number of rotatable bonds is 5. The molecule has 0 fully saturated rings. The quantitative estimate of drug-likeness (QED) is 0.378. The lowest BCUT2D eigenvalue weighted by Crippen LogP contribution is -2.47. The fourth-order valence-electron chi connectivity index (χ4n) is 2.95. The number of halogens is 1. The SMILES string of the molecule is CC(C)C(NS(=O)(=O)c1ccc2c(c1)oc1ccc(I)cc12)C(=O)OC(C)(C)C. The molecule has 8 heteroatoms. The molecule has 0 saturated carbocycles. The number of hydrogen-bond acceptors (Lipinski definition) is 5. The van der Waals surface area contributed by atoms with Gasteiger partial charge in [0.15, 0.2) is 0 Å². The smallest absolute Gasteiger partial charge is 0.324 e. The van der Waals surface area contributed by atoms with Gasteiger partial charge in [-0.15, -0.1) is 0 Å². The summed E-state index contributed by atoms with van der Waals surface area (Å²) >= 11 is 2.22. The second-order valence-corrected chi connectivity index (χ2v) is 11.2. The summed E-state index contributed by atoms with van der Waals surface area (Å²) in [7, 11) is -3.95. The maximum absolute atomic E-state index is 13.0. The second kappa shape index (κ2) is 7.88. The van der Waals surface area contributed by atoms with Crippen molar-refractivity contribution in [3.05, 3.63) is 40.0 Å². The van der Waals surface area contributed by atoms with Crippen molar-refractivity contribution in [3.8, 4) is 0 Å². The van der Waals surface area contributed by atoms with Crippen LogP contribution >= 0.6 is 22.6 Å². The normalized spacial score (nSPS) is 13.9. The highest BCUT2D eigenvalue weighted by Gasteiger charge is 2.32. The summed E-state index contributed by atoms with van der Waals surface area (Å²) in [5.74, 6) is -0.882. The molecule has 0 aliphatic heterocycles. The number of sulfonamides is 1. The second-order valence-electron chi connectivity index (χ2n) is 8.28. The highest BCUT2D eigenvalue weighted by Crippen LogP contribution is 2.31. The Morgan fingerprint density at radius 1 is 1.07 bits per heavy atom. The molecular formula is C21H24INO5S. The summed E-state index contributed by atoms with van der Waals surface area (Å²) in [6.07, 6.45) is 0. The Morgan fingerprint density at radius 3 is 2.38 bits per heavy atom. The van der Waals surface area contributed by atoms with Crippen molar-refractivity contribution < 1.29 is 22.4 Å². The van der Waals surface area contributed by atoms with E-state index in [-0.39, 0.29) is 10.8 Å². The molecule has 0 aliphatic rings. The Labute approximate surface area is 184 Å². The van der Waals surface area contributed by atoms with Gasteiger partial charge in [-0.3, -0.25) is 4.79 Å². The first-order valence-electron chi connectivity index (χ1n) is 9.24. The van der Waals surface area contributed by atoms with Crippen molar-refractivity contribution in [1.29, 1.82) is 0 Å². The number of furan rings is 1. The van der Waals surface area contributed by atoms with Crippen LogP contribution in [0.5, 0.6) is 0 Å². The van der Waals surface area contributed by atoms with Gasteiger partial charge in [0, 0.05) is 20.4 Å². The number of nitrogens with one attached hydrogen (secondary N) is 1. The average Bonchev–Trinajstić information content (AvgIpc) is 2.95. The van der Waals surface area contributed by atoms with E-state index in [1.54, 1.807) is 40.7 Å². The van der Waals surface area contributed by atoms with Crippen LogP contribution in [0.1, 0.15) is 34.6 Å². The molecule has 6 nitrogen and oxygen atoms in total. The van der Waals surface area contributed by atoms with Crippen molar-refractivity contribution in [1.82, 2.24) is 4.72 Å². The molecule has 1 aromatic heterocycles. The topological polar surface area (TPSA) is 85.6 Å². The number of esters is 1. The standard InChI is InChI=1S/C21H24INO5S/c1-12(2)19(20(24)28-21(3,4)5)23-29(25,26)14-7-8-15-16-10-13(22)6-9-17(16)27-18(15)11-14/h6-12,19,23H,1-5H3. The number of fused-ring (bicyclic) bond motifs is 3. The van der Waals surface area contributed by atoms with Gasteiger partial charge in [0.25, 0.3) is 0 Å². The van der Waals surface area contributed by atoms with Gasteiger partial charge in [-0.05, 0) is 79.6 Å². The number of carbonyl (C=O) groups is 1. The zero-order valence-electron chi connectivity index (χ0n) is 16.9. The van der Waals surface area contributed by atoms with E-state index in [0.29, 0.717) is 11.2 Å². The summed E-state index contributed by atoms with van der Waals surface area (Å²) in [6, 6.07) is 9.52. The molecule has 0 saturated heterocycles. The van der Waals surface area contributed by atoms with Gasteiger partial charge < -0.3 is 9.15 Å². The number of ether oxygens (including phenoxy) is 1. The Hall–Kier alpha value is -1.65. The third kappa shape index (κ3) is 4.92. The molecule has 0 amide bonds. The van der Waals surface area contributed by atoms with E-state index in [0.717, 1.165) is 14.3 Å². The molecular weight excluding hydrogens is 505 g/mol. The van der Waals surface area contributed by atoms with Crippen molar-refractivity contribution in [2.24, 2.45) is 5.92 Å². The molecule has 1 atom stereocenters. The van der Waals surface area contributed by atoms with Gasteiger partial charge in [0.1, 0.15) is 22.8 Å². The molecule has 1 unspecified atom stereocenters. The lowest BCUT2D eigenvalue weighted by atomic mass is 10.1. The molecule has 3 rings (SSSR count). The van der Waals surface area contributed by atoms with Crippen LogP contribution in [-0.4, -0.2) is 26.0 Å². The van der Waals surface area contributed by atoms with Gasteiger partial charge in [-0.2, -0.15) is 4.72 Å². The third-order valence-electron chi connectivity index (χ3n) is 4.32. The van der Waals surface area contributed by atoms with Crippen LogP contribution in [0.15, 0.2) is 45.7 Å². The van der Waals surface area contributed by atoms with E-state index in [4.69, 9.17) is 9.15 Å². The van der Waals surface area contributed by atoms with Crippen LogP contribution in [0.25, 0.3) is 21.9 Å². The van der Waals surface area contributed by atoms with Crippen LogP contribution in [0, 0.1) is 9.49 Å². The first kappa shape index (κ1) is 22.0. The third-order valence-corrected chi connectivity index (χ3v) is 6.43. The van der Waals surface area contributed by atoms with Gasteiger partial charge >= 0.3 is 5.97 Å². The van der Waals surface area contributed by atoms with Crippen molar-refractivity contribution >= 4 is 60.5 Å². The van der Waals surface area contributed by atoms with Crippen LogP contribution in [0.3, 0.4) is 0 Å². The van der Waals surface area contributed by atoms with Crippen molar-refractivity contribution in [3.63, 3.8) is 0 Å². The number of hydrogen-bond donors (Lipinski definition) is 1. The molecule has 1 heterocycles. The number of benzene rings is 2. The largest absolute Gasteiger partial charge is 0.459 e. The Balaban J connectivity index is 1.96. The van der Waals surface area contributed by atoms with E-state index in [1.165, 1.54) is 12.1 Å². The molecule has 156 valence electrons. The van der Waals surface area contributed by atoms with E-state index in [1.807, 2.05) is 18.2 Å². The maximum atomic E-state index is 13.0. The molecule has 2 aromatic carbocycles. The first-order chi connectivity index (χ1) is 13.4. The van der Waals surface area contributed by atoms with Crippen molar-refractivity contribution in [2.75, 3.05) is 0 Å². The van der Waals surface area contributed by atoms with E-state index in [9.17, 15) is 13.2 Å². The molecule has 0 radical (unpaired) electrons. The minimum Gasteiger partial charge on any atom is -0.459 e. The van der Waals surface area contributed by atoms with Gasteiger partial charge in [-0.25, -0.2) is 8.42 Å². The molecule has 3 aromatic rings. The van der Waals surface area contributed by atoms with E-state index < -0.39 is 27.6 Å². The zero-order chi connectivity index (χ0) is 21.6. The highest BCUT2D eigenvalue weighted by molar-refractivity contribution is 14.1. The summed E-state index contributed by atoms with van der Waals surface area (Å²) in [5, 5.41) is 1.77. The fraction of sp³-hybridized carbons (Fsp3) is 0.381. The van der Waals surface area contributed by atoms with Crippen LogP contribution in [0.4, 0.5) is 0 Å². The van der Waals surface area contributed by atoms with Crippen LogP contribution < -0.4 is 4.72 Å². The highest BCUT2D eigenvalue weighted by atomic mass is 127. The predicted molar refractivity (Wildman–Crippen MR) is 121 cm³/mol. The average molecular weight is 529 g/mol. The minimum absolute atomic E-state index is 0.0351. The van der Waals surface area contributed by atoms with Crippen LogP contribution in [0.2, 0.25) is 0 Å². The van der Waals surface area contributed by atoms with E-state index in [2.05, 4.69) is 27.3 Å². The Bertz CT molecular complexity index is 1170. The molecule has 1 N–H and O–H groups in total. The Kier molecular flexibility index (Phi) is 5.99. The monoisotopic (exact) mass is 529 g/mol. The number of carbonyl (C=O) groups excluding carboxylic acids is 1. The van der Waals surface area contributed by atoms with Crippen LogP contribution in [-0.2, 0) is 19.6 Å². The molecule has 0 aliphatic carbocycles. The summed E-state index contributed by atoms with van der Waals surface area (Å²) in [5.41, 5.74) is 0.459. The lowest BCUT2D eigenvalue weighted by molar-refractivity contribution is -0.158. The first-order valence-corrected chi connectivity index (χ1v) is 11.8. The Morgan fingerprint density at radius 2 is 1.76 bits per heavy atom. The summed E-state index contributed by atoms with van der Waals surface area (Å²) < 4.78 is 40.7.